The standard InChI is InChI=1S/C15H16O3/c1-8-4-6-11(7-5-8)12-9(2)14(17)15(18)10(3)13(12)16/h4-7,16-18H,1-3H3. The van der Waals surface area contributed by atoms with Crippen LogP contribution in [0.15, 0.2) is 24.3 Å². The predicted octanol–water partition coefficient (Wildman–Crippen LogP) is 3.40. The highest BCUT2D eigenvalue weighted by Gasteiger charge is 2.19. The van der Waals surface area contributed by atoms with Gasteiger partial charge >= 0.3 is 0 Å². The summed E-state index contributed by atoms with van der Waals surface area (Å²) in [5.41, 5.74) is 3.25. The van der Waals surface area contributed by atoms with Gasteiger partial charge < -0.3 is 15.3 Å². The summed E-state index contributed by atoms with van der Waals surface area (Å²) in [7, 11) is 0. The lowest BCUT2D eigenvalue weighted by Gasteiger charge is -2.15. The van der Waals surface area contributed by atoms with Crippen molar-refractivity contribution in [3.63, 3.8) is 0 Å². The van der Waals surface area contributed by atoms with Crippen molar-refractivity contribution in [1.82, 2.24) is 0 Å². The van der Waals surface area contributed by atoms with Crippen LogP contribution in [0.4, 0.5) is 0 Å². The Bertz CT molecular complexity index is 569. The van der Waals surface area contributed by atoms with Crippen molar-refractivity contribution >= 4 is 0 Å². The highest BCUT2D eigenvalue weighted by atomic mass is 16.3. The van der Waals surface area contributed by atoms with Gasteiger partial charge in [-0.15, -0.1) is 0 Å². The Labute approximate surface area is 106 Å². The zero-order chi connectivity index (χ0) is 13.4. The Balaban J connectivity index is 2.75. The van der Waals surface area contributed by atoms with Crippen LogP contribution in [0.1, 0.15) is 16.7 Å². The molecule has 3 heteroatoms. The van der Waals surface area contributed by atoms with E-state index < -0.39 is 0 Å². The molecule has 2 aromatic rings. The molecule has 0 heterocycles. The zero-order valence-corrected chi connectivity index (χ0v) is 10.7. The maximum Gasteiger partial charge on any atom is 0.164 e. The molecule has 0 amide bonds. The van der Waals surface area contributed by atoms with Gasteiger partial charge in [-0.3, -0.25) is 0 Å². The maximum absolute atomic E-state index is 10.1. The summed E-state index contributed by atoms with van der Waals surface area (Å²) in [5.74, 6) is -0.437. The van der Waals surface area contributed by atoms with Crippen molar-refractivity contribution < 1.29 is 15.3 Å². The predicted molar refractivity (Wildman–Crippen MR) is 71.1 cm³/mol. The van der Waals surface area contributed by atoms with E-state index in [0.29, 0.717) is 11.1 Å². The van der Waals surface area contributed by atoms with Gasteiger partial charge in [0.2, 0.25) is 0 Å². The van der Waals surface area contributed by atoms with E-state index in [2.05, 4.69) is 0 Å². The summed E-state index contributed by atoms with van der Waals surface area (Å²) < 4.78 is 0. The Kier molecular flexibility index (Phi) is 2.91. The molecule has 3 N–H and O–H groups in total. The molecule has 0 aliphatic carbocycles. The Hall–Kier alpha value is -2.16. The molecule has 0 unspecified atom stereocenters. The van der Waals surface area contributed by atoms with Crippen molar-refractivity contribution in [2.24, 2.45) is 0 Å². The Morgan fingerprint density at radius 1 is 0.667 bits per heavy atom. The van der Waals surface area contributed by atoms with E-state index in [1.807, 2.05) is 31.2 Å². The minimum atomic E-state index is -0.263. The monoisotopic (exact) mass is 244 g/mol. The minimum absolute atomic E-state index is 0.00616. The van der Waals surface area contributed by atoms with Crippen molar-refractivity contribution in [3.8, 4) is 28.4 Å². The second-order valence-electron chi connectivity index (χ2n) is 4.54. The molecular weight excluding hydrogens is 228 g/mol. The topological polar surface area (TPSA) is 60.7 Å². The maximum atomic E-state index is 10.1. The minimum Gasteiger partial charge on any atom is -0.507 e. The molecule has 0 aromatic heterocycles. The first-order valence-corrected chi connectivity index (χ1v) is 5.74. The first kappa shape index (κ1) is 12.3. The van der Waals surface area contributed by atoms with Crippen molar-refractivity contribution in [1.29, 1.82) is 0 Å². The molecule has 0 atom stereocenters. The first-order chi connectivity index (χ1) is 8.43. The van der Waals surface area contributed by atoms with E-state index in [0.717, 1.165) is 11.1 Å². The zero-order valence-electron chi connectivity index (χ0n) is 10.7. The largest absolute Gasteiger partial charge is 0.507 e. The van der Waals surface area contributed by atoms with E-state index in [1.54, 1.807) is 13.8 Å². The fraction of sp³-hybridized carbons (Fsp3) is 0.200. The second-order valence-corrected chi connectivity index (χ2v) is 4.54. The molecule has 94 valence electrons. The van der Waals surface area contributed by atoms with Crippen LogP contribution in [0.3, 0.4) is 0 Å². The van der Waals surface area contributed by atoms with Crippen LogP contribution in [0.2, 0.25) is 0 Å². The van der Waals surface area contributed by atoms with Crippen molar-refractivity contribution in [2.75, 3.05) is 0 Å². The van der Waals surface area contributed by atoms with E-state index in [-0.39, 0.29) is 22.8 Å². The van der Waals surface area contributed by atoms with Crippen LogP contribution in [0.5, 0.6) is 17.2 Å². The second kappa shape index (κ2) is 4.26. The van der Waals surface area contributed by atoms with Gasteiger partial charge in [0.15, 0.2) is 11.5 Å². The number of phenols is 3. The van der Waals surface area contributed by atoms with Crippen molar-refractivity contribution in [3.05, 3.63) is 41.0 Å². The van der Waals surface area contributed by atoms with E-state index in [1.165, 1.54) is 0 Å². The van der Waals surface area contributed by atoms with Gasteiger partial charge in [0, 0.05) is 16.7 Å². The first-order valence-electron chi connectivity index (χ1n) is 5.74. The summed E-state index contributed by atoms with van der Waals surface area (Å²) in [6.45, 7) is 5.22. The summed E-state index contributed by atoms with van der Waals surface area (Å²) in [5, 5.41) is 29.7. The number of phenolic OH excluding ortho intramolecular Hbond substituents is 3. The molecule has 0 aliphatic heterocycles. The molecule has 3 nitrogen and oxygen atoms in total. The van der Waals surface area contributed by atoms with Crippen molar-refractivity contribution in [2.45, 2.75) is 20.8 Å². The molecule has 2 rings (SSSR count). The summed E-state index contributed by atoms with van der Waals surface area (Å²) >= 11 is 0. The number of aryl methyl sites for hydroxylation is 1. The molecular formula is C15H16O3. The van der Waals surface area contributed by atoms with Gasteiger partial charge in [-0.2, -0.15) is 0 Å². The van der Waals surface area contributed by atoms with E-state index >= 15 is 0 Å². The average molecular weight is 244 g/mol. The smallest absolute Gasteiger partial charge is 0.164 e. The number of aromatic hydroxyl groups is 3. The fourth-order valence-electron chi connectivity index (χ4n) is 2.02. The lowest BCUT2D eigenvalue weighted by Crippen LogP contribution is -1.90. The van der Waals surface area contributed by atoms with E-state index in [4.69, 9.17) is 0 Å². The van der Waals surface area contributed by atoms with E-state index in [9.17, 15) is 15.3 Å². The van der Waals surface area contributed by atoms with Gasteiger partial charge in [0.25, 0.3) is 0 Å². The quantitative estimate of drug-likeness (QED) is 0.532. The number of hydrogen-bond acceptors (Lipinski definition) is 3. The highest BCUT2D eigenvalue weighted by molar-refractivity contribution is 5.80. The van der Waals surface area contributed by atoms with Crippen LogP contribution in [-0.4, -0.2) is 15.3 Å². The van der Waals surface area contributed by atoms with Crippen LogP contribution in [0, 0.1) is 20.8 Å². The van der Waals surface area contributed by atoms with Gasteiger partial charge in [0.05, 0.1) is 0 Å². The number of benzene rings is 2. The summed E-state index contributed by atoms with van der Waals surface area (Å²) in [6.07, 6.45) is 0. The molecule has 0 bridgehead atoms. The molecule has 0 fully saturated rings. The number of rotatable bonds is 1. The fourth-order valence-corrected chi connectivity index (χ4v) is 2.02. The molecule has 0 saturated heterocycles. The van der Waals surface area contributed by atoms with Crippen LogP contribution < -0.4 is 0 Å². The molecule has 0 spiro atoms. The summed E-state index contributed by atoms with van der Waals surface area (Å²) in [4.78, 5) is 0. The third-order valence-corrected chi connectivity index (χ3v) is 3.24. The van der Waals surface area contributed by atoms with Gasteiger partial charge in [-0.25, -0.2) is 0 Å². The lowest BCUT2D eigenvalue weighted by atomic mass is 9.95. The lowest BCUT2D eigenvalue weighted by molar-refractivity contribution is 0.390. The van der Waals surface area contributed by atoms with Crippen LogP contribution in [0.25, 0.3) is 11.1 Å². The third-order valence-electron chi connectivity index (χ3n) is 3.24. The molecule has 0 aliphatic rings. The average Bonchev–Trinajstić information content (AvgIpc) is 2.36. The van der Waals surface area contributed by atoms with Gasteiger partial charge in [0.1, 0.15) is 5.75 Å². The molecule has 2 aromatic carbocycles. The highest BCUT2D eigenvalue weighted by Crippen LogP contribution is 2.45. The normalized spacial score (nSPS) is 10.6. The van der Waals surface area contributed by atoms with Gasteiger partial charge in [-0.1, -0.05) is 29.8 Å². The Morgan fingerprint density at radius 3 is 1.72 bits per heavy atom. The van der Waals surface area contributed by atoms with Gasteiger partial charge in [-0.05, 0) is 26.3 Å². The third kappa shape index (κ3) is 1.78. The van der Waals surface area contributed by atoms with Crippen LogP contribution in [-0.2, 0) is 0 Å². The SMILES string of the molecule is Cc1ccc(-c2c(C)c(O)c(O)c(C)c2O)cc1. The summed E-state index contributed by atoms with van der Waals surface area (Å²) in [6, 6.07) is 7.64. The molecule has 0 radical (unpaired) electrons. The van der Waals surface area contributed by atoms with Crippen LogP contribution >= 0.6 is 0 Å². The molecule has 0 saturated carbocycles. The number of hydrogen-bond donors (Lipinski definition) is 3. The molecule has 18 heavy (non-hydrogen) atoms. The Morgan fingerprint density at radius 2 is 1.17 bits per heavy atom.